The number of nitrogens with one attached hydrogen (secondary N) is 3. The molecule has 3 amide bonds. The number of hydrogen-bond acceptors (Lipinski definition) is 6. The molecule has 7 nitrogen and oxygen atoms in total. The minimum atomic E-state index is -0.214. The van der Waals surface area contributed by atoms with Crippen molar-refractivity contribution in [1.29, 1.82) is 0 Å². The lowest BCUT2D eigenvalue weighted by atomic mass is 10.2. The van der Waals surface area contributed by atoms with Crippen molar-refractivity contribution in [3.8, 4) is 5.75 Å². The van der Waals surface area contributed by atoms with E-state index in [2.05, 4.69) is 16.0 Å². The van der Waals surface area contributed by atoms with E-state index in [9.17, 15) is 14.4 Å². The molecule has 0 aliphatic carbocycles. The molecule has 0 atom stereocenters. The van der Waals surface area contributed by atoms with Gasteiger partial charge in [0.15, 0.2) is 0 Å². The number of carbonyl (C=O) groups is 3. The third kappa shape index (κ3) is 9.03. The van der Waals surface area contributed by atoms with Crippen LogP contribution in [0, 0.1) is 6.92 Å². The largest absolute Gasteiger partial charge is 0.497 e. The number of thioether (sulfide) groups is 2. The Morgan fingerprint density at radius 1 is 0.714 bits per heavy atom. The summed E-state index contributed by atoms with van der Waals surface area (Å²) in [5.41, 5.74) is 3.16. The average Bonchev–Trinajstić information content (AvgIpc) is 2.85. The highest BCUT2D eigenvalue weighted by molar-refractivity contribution is 8.00. The lowest BCUT2D eigenvalue weighted by Gasteiger charge is -2.11. The molecule has 182 valence electrons. The van der Waals surface area contributed by atoms with E-state index < -0.39 is 0 Å². The SMILES string of the molecule is COc1ccc(NC(=O)CSc2ccccc2NC(=O)CSCC(=O)Nc2ccc(C)cc2)cc1. The molecule has 0 saturated heterocycles. The van der Waals surface area contributed by atoms with Gasteiger partial charge in [-0.15, -0.1) is 23.5 Å². The third-order valence-corrected chi connectivity index (χ3v) is 6.70. The van der Waals surface area contributed by atoms with E-state index in [1.165, 1.54) is 23.5 Å². The predicted molar refractivity (Wildman–Crippen MR) is 145 cm³/mol. The summed E-state index contributed by atoms with van der Waals surface area (Å²) in [5.74, 6) is 0.678. The number of carbonyl (C=O) groups excluding carboxylic acids is 3. The predicted octanol–water partition coefficient (Wildman–Crippen LogP) is 5.04. The Morgan fingerprint density at radius 2 is 1.26 bits per heavy atom. The molecule has 0 radical (unpaired) electrons. The molecule has 35 heavy (non-hydrogen) atoms. The molecule has 3 aromatic rings. The standard InChI is InChI=1S/C26H27N3O4S2/c1-18-7-9-19(10-8-18)27-24(30)15-34-16-25(31)29-22-5-3-4-6-23(22)35-17-26(32)28-20-11-13-21(33-2)14-12-20/h3-14H,15-17H2,1-2H3,(H,27,30)(H,28,32)(H,29,31). The molecule has 0 spiro atoms. The van der Waals surface area contributed by atoms with Crippen LogP contribution in [0.1, 0.15) is 5.56 Å². The average molecular weight is 510 g/mol. The maximum atomic E-state index is 12.4. The molecule has 0 bridgehead atoms. The Kier molecular flexibility index (Phi) is 10.1. The van der Waals surface area contributed by atoms with Crippen molar-refractivity contribution in [2.45, 2.75) is 11.8 Å². The topological polar surface area (TPSA) is 96.5 Å². The van der Waals surface area contributed by atoms with Gasteiger partial charge in [-0.25, -0.2) is 0 Å². The van der Waals surface area contributed by atoms with Crippen molar-refractivity contribution in [2.75, 3.05) is 40.3 Å². The summed E-state index contributed by atoms with van der Waals surface area (Å²) in [4.78, 5) is 37.6. The second kappa shape index (κ2) is 13.5. The minimum Gasteiger partial charge on any atom is -0.497 e. The van der Waals surface area contributed by atoms with Gasteiger partial charge in [-0.3, -0.25) is 14.4 Å². The van der Waals surface area contributed by atoms with Crippen LogP contribution in [0.3, 0.4) is 0 Å². The first kappa shape index (κ1) is 26.2. The summed E-state index contributed by atoms with van der Waals surface area (Å²) in [5, 5.41) is 8.52. The van der Waals surface area contributed by atoms with Gasteiger partial charge < -0.3 is 20.7 Å². The minimum absolute atomic E-state index is 0.137. The molecule has 3 rings (SSSR count). The Balaban J connectivity index is 1.42. The number of benzene rings is 3. The lowest BCUT2D eigenvalue weighted by Crippen LogP contribution is -2.19. The van der Waals surface area contributed by atoms with E-state index in [1.807, 2.05) is 49.4 Å². The molecule has 0 fully saturated rings. The number of rotatable bonds is 11. The number of methoxy groups -OCH3 is 1. The normalized spacial score (nSPS) is 10.3. The van der Waals surface area contributed by atoms with Crippen LogP contribution in [0.2, 0.25) is 0 Å². The number of ether oxygens (including phenoxy) is 1. The number of para-hydroxylation sites is 1. The fourth-order valence-corrected chi connectivity index (χ4v) is 4.39. The fraction of sp³-hybridized carbons (Fsp3) is 0.192. The number of anilines is 3. The van der Waals surface area contributed by atoms with Gasteiger partial charge in [0.1, 0.15) is 5.75 Å². The highest BCUT2D eigenvalue weighted by atomic mass is 32.2. The van der Waals surface area contributed by atoms with Gasteiger partial charge in [0.2, 0.25) is 17.7 Å². The Morgan fingerprint density at radius 3 is 1.89 bits per heavy atom. The van der Waals surface area contributed by atoms with Crippen LogP contribution in [-0.2, 0) is 14.4 Å². The quantitative estimate of drug-likeness (QED) is 0.313. The van der Waals surface area contributed by atoms with Crippen molar-refractivity contribution in [1.82, 2.24) is 0 Å². The molecular formula is C26H27N3O4S2. The highest BCUT2D eigenvalue weighted by Crippen LogP contribution is 2.27. The number of hydrogen-bond donors (Lipinski definition) is 3. The van der Waals surface area contributed by atoms with Crippen molar-refractivity contribution in [2.24, 2.45) is 0 Å². The van der Waals surface area contributed by atoms with Crippen molar-refractivity contribution in [3.05, 3.63) is 78.4 Å². The Hall–Kier alpha value is -3.43. The first-order valence-electron chi connectivity index (χ1n) is 10.8. The molecule has 0 aliphatic rings. The van der Waals surface area contributed by atoms with E-state index in [4.69, 9.17) is 4.74 Å². The monoisotopic (exact) mass is 509 g/mol. The summed E-state index contributed by atoms with van der Waals surface area (Å²) < 4.78 is 5.12. The van der Waals surface area contributed by atoms with Crippen LogP contribution in [-0.4, -0.2) is 42.1 Å². The zero-order valence-electron chi connectivity index (χ0n) is 19.5. The third-order valence-electron chi connectivity index (χ3n) is 4.70. The van der Waals surface area contributed by atoms with Crippen LogP contribution in [0.5, 0.6) is 5.75 Å². The molecule has 0 aromatic heterocycles. The van der Waals surface area contributed by atoms with Gasteiger partial charge in [0, 0.05) is 16.3 Å². The molecule has 0 saturated carbocycles. The highest BCUT2D eigenvalue weighted by Gasteiger charge is 2.11. The Labute approximate surface area is 213 Å². The van der Waals surface area contributed by atoms with E-state index in [0.717, 1.165) is 16.1 Å². The number of aryl methyl sites for hydroxylation is 1. The molecule has 0 aliphatic heterocycles. The van der Waals surface area contributed by atoms with Gasteiger partial charge >= 0.3 is 0 Å². The van der Waals surface area contributed by atoms with Crippen molar-refractivity contribution in [3.63, 3.8) is 0 Å². The molecule has 9 heteroatoms. The molecule has 0 heterocycles. The Bertz CT molecular complexity index is 1150. The van der Waals surface area contributed by atoms with Crippen molar-refractivity contribution < 1.29 is 19.1 Å². The summed E-state index contributed by atoms with van der Waals surface area (Å²) in [6.07, 6.45) is 0. The smallest absolute Gasteiger partial charge is 0.234 e. The van der Waals surface area contributed by atoms with Gasteiger partial charge in [-0.2, -0.15) is 0 Å². The van der Waals surface area contributed by atoms with Crippen LogP contribution in [0.25, 0.3) is 0 Å². The molecular weight excluding hydrogens is 482 g/mol. The lowest BCUT2D eigenvalue weighted by molar-refractivity contribution is -0.114. The van der Waals surface area contributed by atoms with Gasteiger partial charge in [-0.05, 0) is 55.5 Å². The summed E-state index contributed by atoms with van der Waals surface area (Å²) in [7, 11) is 1.59. The second-order valence-corrected chi connectivity index (χ2v) is 9.52. The van der Waals surface area contributed by atoms with Crippen LogP contribution in [0.15, 0.2) is 77.7 Å². The number of amides is 3. The van der Waals surface area contributed by atoms with E-state index in [-0.39, 0.29) is 35.0 Å². The van der Waals surface area contributed by atoms with Crippen LogP contribution < -0.4 is 20.7 Å². The maximum absolute atomic E-state index is 12.4. The zero-order chi connectivity index (χ0) is 25.0. The molecule has 0 unspecified atom stereocenters. The zero-order valence-corrected chi connectivity index (χ0v) is 21.1. The first-order chi connectivity index (χ1) is 16.9. The van der Waals surface area contributed by atoms with Gasteiger partial charge in [0.05, 0.1) is 30.1 Å². The van der Waals surface area contributed by atoms with E-state index >= 15 is 0 Å². The maximum Gasteiger partial charge on any atom is 0.234 e. The van der Waals surface area contributed by atoms with Crippen LogP contribution >= 0.6 is 23.5 Å². The fourth-order valence-electron chi connectivity index (χ4n) is 2.97. The summed E-state index contributed by atoms with van der Waals surface area (Å²) in [6, 6.07) is 21.9. The van der Waals surface area contributed by atoms with E-state index in [1.54, 1.807) is 37.4 Å². The van der Waals surface area contributed by atoms with Crippen molar-refractivity contribution >= 4 is 58.3 Å². The van der Waals surface area contributed by atoms with Crippen LogP contribution in [0.4, 0.5) is 17.1 Å². The van der Waals surface area contributed by atoms with Gasteiger partial charge in [-0.1, -0.05) is 29.8 Å². The molecule has 3 N–H and O–H groups in total. The van der Waals surface area contributed by atoms with E-state index in [0.29, 0.717) is 17.1 Å². The van der Waals surface area contributed by atoms with Gasteiger partial charge in [0.25, 0.3) is 0 Å². The summed E-state index contributed by atoms with van der Waals surface area (Å²) >= 11 is 2.57. The molecule has 3 aromatic carbocycles. The summed E-state index contributed by atoms with van der Waals surface area (Å²) in [6.45, 7) is 1.98. The second-order valence-electron chi connectivity index (χ2n) is 7.52. The first-order valence-corrected chi connectivity index (χ1v) is 13.0.